The average molecular weight is 274 g/mol. The van der Waals surface area contributed by atoms with E-state index in [0.29, 0.717) is 28.5 Å². The van der Waals surface area contributed by atoms with Crippen molar-refractivity contribution in [1.82, 2.24) is 0 Å². The second-order valence-corrected chi connectivity index (χ2v) is 4.67. The molecule has 0 radical (unpaired) electrons. The standard InChI is InChI=1S/C15H12ClNO2/c16-12-6-2-1-4-10(12)14(18)11-5-3-7-13-15(11)19-9-8-17-13/h1-7,17H,8-9H2. The van der Waals surface area contributed by atoms with Crippen LogP contribution in [0.15, 0.2) is 42.5 Å². The monoisotopic (exact) mass is 273 g/mol. The van der Waals surface area contributed by atoms with E-state index >= 15 is 0 Å². The van der Waals surface area contributed by atoms with Crippen LogP contribution in [0.25, 0.3) is 0 Å². The van der Waals surface area contributed by atoms with Crippen molar-refractivity contribution in [2.75, 3.05) is 18.5 Å². The Morgan fingerprint density at radius 2 is 1.89 bits per heavy atom. The maximum absolute atomic E-state index is 12.5. The summed E-state index contributed by atoms with van der Waals surface area (Å²) in [7, 11) is 0. The molecule has 0 spiro atoms. The van der Waals surface area contributed by atoms with Gasteiger partial charge >= 0.3 is 0 Å². The Kier molecular flexibility index (Phi) is 3.13. The zero-order valence-electron chi connectivity index (χ0n) is 10.2. The van der Waals surface area contributed by atoms with E-state index in [9.17, 15) is 4.79 Å². The summed E-state index contributed by atoms with van der Waals surface area (Å²) in [6.07, 6.45) is 0. The molecule has 4 heteroatoms. The van der Waals surface area contributed by atoms with Crippen molar-refractivity contribution in [3.8, 4) is 5.75 Å². The fourth-order valence-electron chi connectivity index (χ4n) is 2.14. The summed E-state index contributed by atoms with van der Waals surface area (Å²) in [5.74, 6) is 0.491. The Morgan fingerprint density at radius 1 is 1.11 bits per heavy atom. The quantitative estimate of drug-likeness (QED) is 0.853. The fraction of sp³-hybridized carbons (Fsp3) is 0.133. The van der Waals surface area contributed by atoms with Gasteiger partial charge in [0.2, 0.25) is 0 Å². The van der Waals surface area contributed by atoms with E-state index in [0.717, 1.165) is 12.2 Å². The Bertz CT molecular complexity index is 640. The van der Waals surface area contributed by atoms with E-state index in [1.807, 2.05) is 12.1 Å². The molecule has 1 aliphatic rings. The highest BCUT2D eigenvalue weighted by Gasteiger charge is 2.21. The summed E-state index contributed by atoms with van der Waals surface area (Å²) in [5, 5.41) is 3.67. The van der Waals surface area contributed by atoms with Gasteiger partial charge in [0.25, 0.3) is 0 Å². The normalized spacial score (nSPS) is 13.1. The van der Waals surface area contributed by atoms with Crippen LogP contribution in [0.5, 0.6) is 5.75 Å². The summed E-state index contributed by atoms with van der Waals surface area (Å²) < 4.78 is 5.61. The number of ketones is 1. The summed E-state index contributed by atoms with van der Waals surface area (Å²) in [5.41, 5.74) is 1.88. The van der Waals surface area contributed by atoms with Gasteiger partial charge in [-0.1, -0.05) is 29.8 Å². The molecule has 0 fully saturated rings. The number of benzene rings is 2. The number of carbonyl (C=O) groups is 1. The molecule has 1 N–H and O–H groups in total. The van der Waals surface area contributed by atoms with Crippen LogP contribution in [0.2, 0.25) is 5.02 Å². The van der Waals surface area contributed by atoms with Gasteiger partial charge in [-0.2, -0.15) is 0 Å². The van der Waals surface area contributed by atoms with Crippen molar-refractivity contribution < 1.29 is 9.53 Å². The van der Waals surface area contributed by atoms with Crippen LogP contribution in [-0.2, 0) is 0 Å². The van der Waals surface area contributed by atoms with E-state index in [1.165, 1.54) is 0 Å². The van der Waals surface area contributed by atoms with Crippen LogP contribution < -0.4 is 10.1 Å². The number of para-hydroxylation sites is 1. The van der Waals surface area contributed by atoms with E-state index < -0.39 is 0 Å². The molecule has 0 atom stereocenters. The number of ether oxygens (including phenoxy) is 1. The van der Waals surface area contributed by atoms with Crippen molar-refractivity contribution in [2.24, 2.45) is 0 Å². The van der Waals surface area contributed by atoms with Gasteiger partial charge in [0.05, 0.1) is 16.3 Å². The maximum Gasteiger partial charge on any atom is 0.198 e. The predicted octanol–water partition coefficient (Wildman–Crippen LogP) is 3.38. The zero-order chi connectivity index (χ0) is 13.2. The van der Waals surface area contributed by atoms with Gasteiger partial charge in [0, 0.05) is 12.1 Å². The van der Waals surface area contributed by atoms with Gasteiger partial charge < -0.3 is 10.1 Å². The third-order valence-corrected chi connectivity index (χ3v) is 3.37. The number of fused-ring (bicyclic) bond motifs is 1. The Balaban J connectivity index is 2.08. The van der Waals surface area contributed by atoms with Crippen molar-refractivity contribution in [1.29, 1.82) is 0 Å². The minimum Gasteiger partial charge on any atom is -0.489 e. The summed E-state index contributed by atoms with van der Waals surface area (Å²) in [6, 6.07) is 12.5. The lowest BCUT2D eigenvalue weighted by Crippen LogP contribution is -2.20. The minimum absolute atomic E-state index is 0.119. The SMILES string of the molecule is O=C(c1ccccc1Cl)c1cccc2c1OCCN2. The van der Waals surface area contributed by atoms with Crippen molar-refractivity contribution in [3.05, 3.63) is 58.6 Å². The van der Waals surface area contributed by atoms with Gasteiger partial charge in [-0.3, -0.25) is 4.79 Å². The van der Waals surface area contributed by atoms with Crippen molar-refractivity contribution >= 4 is 23.1 Å². The molecule has 0 bridgehead atoms. The molecule has 0 aromatic heterocycles. The molecule has 2 aromatic rings. The van der Waals surface area contributed by atoms with Crippen molar-refractivity contribution in [3.63, 3.8) is 0 Å². The first kappa shape index (κ1) is 12.1. The van der Waals surface area contributed by atoms with E-state index in [4.69, 9.17) is 16.3 Å². The Labute approximate surface area is 116 Å². The fourth-order valence-corrected chi connectivity index (χ4v) is 2.36. The summed E-state index contributed by atoms with van der Waals surface area (Å²) in [4.78, 5) is 12.5. The molecule has 2 aromatic carbocycles. The maximum atomic E-state index is 12.5. The molecular weight excluding hydrogens is 262 g/mol. The molecular formula is C15H12ClNO2. The molecule has 1 heterocycles. The molecule has 3 nitrogen and oxygen atoms in total. The minimum atomic E-state index is -0.119. The van der Waals surface area contributed by atoms with Gasteiger partial charge in [-0.05, 0) is 24.3 Å². The molecule has 0 saturated heterocycles. The molecule has 3 rings (SSSR count). The Morgan fingerprint density at radius 3 is 2.74 bits per heavy atom. The van der Waals surface area contributed by atoms with Crippen LogP contribution in [0.1, 0.15) is 15.9 Å². The molecule has 19 heavy (non-hydrogen) atoms. The first-order valence-corrected chi connectivity index (χ1v) is 6.44. The highest BCUT2D eigenvalue weighted by molar-refractivity contribution is 6.35. The van der Waals surface area contributed by atoms with E-state index in [-0.39, 0.29) is 5.78 Å². The van der Waals surface area contributed by atoms with Crippen LogP contribution in [0.3, 0.4) is 0 Å². The Hall–Kier alpha value is -2.00. The smallest absolute Gasteiger partial charge is 0.198 e. The van der Waals surface area contributed by atoms with Crippen LogP contribution in [-0.4, -0.2) is 18.9 Å². The zero-order valence-corrected chi connectivity index (χ0v) is 10.9. The lowest BCUT2D eigenvalue weighted by Gasteiger charge is -2.21. The molecule has 96 valence electrons. The number of hydrogen-bond acceptors (Lipinski definition) is 3. The average Bonchev–Trinajstić information content (AvgIpc) is 2.46. The van der Waals surface area contributed by atoms with E-state index in [1.54, 1.807) is 30.3 Å². The largest absolute Gasteiger partial charge is 0.489 e. The van der Waals surface area contributed by atoms with Gasteiger partial charge in [0.1, 0.15) is 6.61 Å². The number of hydrogen-bond donors (Lipinski definition) is 1. The lowest BCUT2D eigenvalue weighted by atomic mass is 10.0. The number of rotatable bonds is 2. The molecule has 0 saturated carbocycles. The van der Waals surface area contributed by atoms with Crippen LogP contribution in [0.4, 0.5) is 5.69 Å². The van der Waals surface area contributed by atoms with E-state index in [2.05, 4.69) is 5.32 Å². The number of nitrogens with one attached hydrogen (secondary N) is 1. The third-order valence-electron chi connectivity index (χ3n) is 3.04. The van der Waals surface area contributed by atoms with Crippen LogP contribution >= 0.6 is 11.6 Å². The summed E-state index contributed by atoms with van der Waals surface area (Å²) >= 11 is 6.07. The number of carbonyl (C=O) groups excluding carboxylic acids is 1. The van der Waals surface area contributed by atoms with Gasteiger partial charge in [-0.15, -0.1) is 0 Å². The predicted molar refractivity (Wildman–Crippen MR) is 75.3 cm³/mol. The second kappa shape index (κ2) is 4.94. The second-order valence-electron chi connectivity index (χ2n) is 4.27. The molecule has 1 aliphatic heterocycles. The van der Waals surface area contributed by atoms with Crippen LogP contribution in [0, 0.1) is 0 Å². The molecule has 0 unspecified atom stereocenters. The molecule has 0 aliphatic carbocycles. The summed E-state index contributed by atoms with van der Waals surface area (Å²) in [6.45, 7) is 1.30. The lowest BCUT2D eigenvalue weighted by molar-refractivity contribution is 0.103. The topological polar surface area (TPSA) is 38.3 Å². The highest BCUT2D eigenvalue weighted by Crippen LogP contribution is 2.33. The van der Waals surface area contributed by atoms with Crippen molar-refractivity contribution in [2.45, 2.75) is 0 Å². The molecule has 0 amide bonds. The van der Waals surface area contributed by atoms with Gasteiger partial charge in [0.15, 0.2) is 11.5 Å². The number of halogens is 1. The first-order valence-electron chi connectivity index (χ1n) is 6.06. The highest BCUT2D eigenvalue weighted by atomic mass is 35.5. The first-order chi connectivity index (χ1) is 9.27. The number of anilines is 1. The third kappa shape index (κ3) is 2.17. The van der Waals surface area contributed by atoms with Gasteiger partial charge in [-0.25, -0.2) is 0 Å².